The number of fused-ring (bicyclic) bond motifs is 1. The Labute approximate surface area is 149 Å². The Morgan fingerprint density at radius 2 is 2.28 bits per heavy atom. The summed E-state index contributed by atoms with van der Waals surface area (Å²) in [6.45, 7) is 1.03. The number of carbonyl (C=O) groups is 1. The van der Waals surface area contributed by atoms with Gasteiger partial charge in [-0.1, -0.05) is 23.2 Å². The lowest BCUT2D eigenvalue weighted by Gasteiger charge is -2.21. The molecule has 0 radical (unpaired) electrons. The molecule has 1 atom stereocenters. The first-order valence-corrected chi connectivity index (χ1v) is 8.70. The number of H-pyrrole nitrogens is 1. The van der Waals surface area contributed by atoms with Gasteiger partial charge in [0.15, 0.2) is 5.69 Å². The summed E-state index contributed by atoms with van der Waals surface area (Å²) in [6, 6.07) is 5.53. The quantitative estimate of drug-likeness (QED) is 0.665. The predicted molar refractivity (Wildman–Crippen MR) is 94.9 cm³/mol. The minimum atomic E-state index is -0.343. The average molecular weight is 360 g/mol. The molecule has 3 aromatic rings. The molecule has 1 amide bonds. The Hall–Kier alpha value is -2.38. The summed E-state index contributed by atoms with van der Waals surface area (Å²) < 4.78 is 5.33. The lowest BCUT2D eigenvalue weighted by atomic mass is 10.0. The van der Waals surface area contributed by atoms with E-state index in [1.165, 1.54) is 12.8 Å². The monoisotopic (exact) mass is 359 g/mol. The summed E-state index contributed by atoms with van der Waals surface area (Å²) in [7, 11) is 0. The van der Waals surface area contributed by atoms with Gasteiger partial charge in [0.2, 0.25) is 0 Å². The summed E-state index contributed by atoms with van der Waals surface area (Å²) in [5.41, 5.74) is 1.52. The van der Waals surface area contributed by atoms with E-state index in [-0.39, 0.29) is 11.6 Å². The highest BCUT2D eigenvalue weighted by atomic mass is 35.5. The number of benzene rings is 1. The number of nitrogens with zero attached hydrogens (tertiary/aromatic N) is 2. The first-order valence-electron chi connectivity index (χ1n) is 8.32. The van der Waals surface area contributed by atoms with Crippen molar-refractivity contribution in [3.05, 3.63) is 40.9 Å². The number of aromatic nitrogens is 3. The first-order chi connectivity index (χ1) is 12.2. The van der Waals surface area contributed by atoms with Crippen LogP contribution in [0.25, 0.3) is 10.9 Å². The topological polar surface area (TPSA) is 95.8 Å². The average Bonchev–Trinajstić information content (AvgIpc) is 3.25. The van der Waals surface area contributed by atoms with Crippen LogP contribution in [-0.4, -0.2) is 33.8 Å². The highest BCUT2D eigenvalue weighted by Gasteiger charge is 2.19. The zero-order valence-electron chi connectivity index (χ0n) is 13.5. The van der Waals surface area contributed by atoms with E-state index in [0.717, 1.165) is 24.8 Å². The van der Waals surface area contributed by atoms with E-state index >= 15 is 0 Å². The molecular formula is C17H18ClN5O2. The van der Waals surface area contributed by atoms with Crippen LogP contribution in [0.1, 0.15) is 35.5 Å². The molecule has 130 valence electrons. The fourth-order valence-electron chi connectivity index (χ4n) is 3.16. The van der Waals surface area contributed by atoms with Crippen molar-refractivity contribution in [3.63, 3.8) is 0 Å². The Balaban J connectivity index is 1.48. The second-order valence-corrected chi connectivity index (χ2v) is 6.71. The number of amides is 1. The van der Waals surface area contributed by atoms with Crippen molar-refractivity contribution in [1.29, 1.82) is 0 Å². The van der Waals surface area contributed by atoms with Crippen LogP contribution in [0.5, 0.6) is 0 Å². The smallest absolute Gasteiger partial charge is 0.277 e. The minimum absolute atomic E-state index is 0.249. The molecule has 1 aromatic carbocycles. The molecule has 8 heteroatoms. The van der Waals surface area contributed by atoms with Crippen LogP contribution in [0.2, 0.25) is 5.02 Å². The van der Waals surface area contributed by atoms with Crippen LogP contribution in [0.4, 0.5) is 5.69 Å². The van der Waals surface area contributed by atoms with Crippen molar-refractivity contribution in [3.8, 4) is 0 Å². The molecule has 0 bridgehead atoms. The molecule has 25 heavy (non-hydrogen) atoms. The molecular weight excluding hydrogens is 342 g/mol. The summed E-state index contributed by atoms with van der Waals surface area (Å²) in [6.07, 6.45) is 5.93. The van der Waals surface area contributed by atoms with Gasteiger partial charge >= 0.3 is 0 Å². The van der Waals surface area contributed by atoms with Gasteiger partial charge in [-0.25, -0.2) is 0 Å². The standard InChI is InChI=1S/C17H18ClN5O2/c18-11-5-10-9-20-22-16(10)14(6-11)21-17(24)15-8-13(25-23-15)7-12-3-1-2-4-19-12/h5-6,8-9,12,19H,1-4,7H2,(H,20,22)(H,21,24). The molecule has 1 saturated heterocycles. The number of rotatable bonds is 4. The van der Waals surface area contributed by atoms with Crippen molar-refractivity contribution in [2.75, 3.05) is 11.9 Å². The van der Waals surface area contributed by atoms with Crippen LogP contribution < -0.4 is 10.6 Å². The maximum atomic E-state index is 12.5. The number of hydrogen-bond acceptors (Lipinski definition) is 5. The van der Waals surface area contributed by atoms with Gasteiger partial charge in [0.25, 0.3) is 5.91 Å². The number of carbonyl (C=O) groups excluding carboxylic acids is 1. The molecule has 7 nitrogen and oxygen atoms in total. The summed E-state index contributed by atoms with van der Waals surface area (Å²) in [4.78, 5) is 12.5. The summed E-state index contributed by atoms with van der Waals surface area (Å²) in [5.74, 6) is 0.368. The zero-order chi connectivity index (χ0) is 17.2. The maximum absolute atomic E-state index is 12.5. The van der Waals surface area contributed by atoms with E-state index in [1.807, 2.05) is 0 Å². The predicted octanol–water partition coefficient (Wildman–Crippen LogP) is 3.14. The first kappa shape index (κ1) is 16.1. The lowest BCUT2D eigenvalue weighted by Crippen LogP contribution is -2.35. The minimum Gasteiger partial charge on any atom is -0.361 e. The van der Waals surface area contributed by atoms with E-state index in [1.54, 1.807) is 24.4 Å². The Bertz CT molecular complexity index is 897. The molecule has 0 spiro atoms. The van der Waals surface area contributed by atoms with Crippen LogP contribution in [0.15, 0.2) is 28.9 Å². The number of aromatic amines is 1. The van der Waals surface area contributed by atoms with Crippen molar-refractivity contribution < 1.29 is 9.32 Å². The summed E-state index contributed by atoms with van der Waals surface area (Å²) >= 11 is 6.09. The molecule has 0 aliphatic carbocycles. The van der Waals surface area contributed by atoms with Crippen LogP contribution in [0.3, 0.4) is 0 Å². The number of piperidine rings is 1. The van der Waals surface area contributed by atoms with Gasteiger partial charge in [0.1, 0.15) is 5.76 Å². The highest BCUT2D eigenvalue weighted by molar-refractivity contribution is 6.32. The zero-order valence-corrected chi connectivity index (χ0v) is 14.3. The maximum Gasteiger partial charge on any atom is 0.277 e. The SMILES string of the molecule is O=C(Nc1cc(Cl)cc2cn[nH]c12)c1cc(CC2CCCCN2)on1. The molecule has 1 aliphatic heterocycles. The van der Waals surface area contributed by atoms with Crippen molar-refractivity contribution in [1.82, 2.24) is 20.7 Å². The van der Waals surface area contributed by atoms with E-state index in [4.69, 9.17) is 16.1 Å². The Kier molecular flexibility index (Phi) is 4.42. The molecule has 3 N–H and O–H groups in total. The van der Waals surface area contributed by atoms with Gasteiger partial charge in [-0.3, -0.25) is 9.89 Å². The second kappa shape index (κ2) is 6.85. The largest absolute Gasteiger partial charge is 0.361 e. The third kappa shape index (κ3) is 3.52. The number of nitrogens with one attached hydrogen (secondary N) is 3. The Morgan fingerprint density at radius 1 is 1.36 bits per heavy atom. The van der Waals surface area contributed by atoms with Crippen molar-refractivity contribution >= 4 is 34.1 Å². The molecule has 4 rings (SSSR count). The third-order valence-corrected chi connectivity index (χ3v) is 4.63. The van der Waals surface area contributed by atoms with E-state index in [9.17, 15) is 4.79 Å². The molecule has 3 heterocycles. The fraction of sp³-hybridized carbons (Fsp3) is 0.353. The van der Waals surface area contributed by atoms with Gasteiger partial charge in [-0.05, 0) is 31.5 Å². The van der Waals surface area contributed by atoms with Crippen LogP contribution >= 0.6 is 11.6 Å². The van der Waals surface area contributed by atoms with Crippen molar-refractivity contribution in [2.24, 2.45) is 0 Å². The van der Waals surface area contributed by atoms with Crippen LogP contribution in [0, 0.1) is 0 Å². The number of anilines is 1. The van der Waals surface area contributed by atoms with Gasteiger partial charge < -0.3 is 15.2 Å². The normalized spacial score (nSPS) is 17.7. The van der Waals surface area contributed by atoms with Gasteiger partial charge in [-0.15, -0.1) is 0 Å². The van der Waals surface area contributed by atoms with Crippen LogP contribution in [-0.2, 0) is 6.42 Å². The van der Waals surface area contributed by atoms with E-state index in [0.29, 0.717) is 28.0 Å². The number of hydrogen-bond donors (Lipinski definition) is 3. The van der Waals surface area contributed by atoms with Crippen molar-refractivity contribution in [2.45, 2.75) is 31.7 Å². The van der Waals surface area contributed by atoms with E-state index in [2.05, 4.69) is 26.0 Å². The highest BCUT2D eigenvalue weighted by Crippen LogP contribution is 2.26. The van der Waals surface area contributed by atoms with E-state index < -0.39 is 0 Å². The lowest BCUT2D eigenvalue weighted by molar-refractivity contribution is 0.101. The molecule has 1 unspecified atom stereocenters. The molecule has 1 fully saturated rings. The fourth-order valence-corrected chi connectivity index (χ4v) is 3.39. The summed E-state index contributed by atoms with van der Waals surface area (Å²) in [5, 5.41) is 18.3. The molecule has 0 saturated carbocycles. The number of halogens is 1. The molecule has 1 aliphatic rings. The Morgan fingerprint density at radius 3 is 3.12 bits per heavy atom. The van der Waals surface area contributed by atoms with Gasteiger partial charge in [0.05, 0.1) is 17.4 Å². The third-order valence-electron chi connectivity index (χ3n) is 4.41. The van der Waals surface area contributed by atoms with Gasteiger partial charge in [0, 0.05) is 28.9 Å². The van der Waals surface area contributed by atoms with Gasteiger partial charge in [-0.2, -0.15) is 5.10 Å². The second-order valence-electron chi connectivity index (χ2n) is 6.27. The molecule has 2 aromatic heterocycles.